The molecule has 2 nitrogen and oxygen atoms in total. The molecule has 0 aliphatic carbocycles. The minimum absolute atomic E-state index is 0.180. The first kappa shape index (κ1) is 14.1. The second-order valence-electron chi connectivity index (χ2n) is 4.22. The van der Waals surface area contributed by atoms with Crippen molar-refractivity contribution in [2.75, 3.05) is 13.7 Å². The average Bonchev–Trinajstić information content (AvgIpc) is 2.33. The summed E-state index contributed by atoms with van der Waals surface area (Å²) in [4.78, 5) is 0. The number of ether oxygens (including phenoxy) is 1. The number of rotatable bonds is 8. The summed E-state index contributed by atoms with van der Waals surface area (Å²) in [5, 5.41) is 3.05. The summed E-state index contributed by atoms with van der Waals surface area (Å²) in [5.74, 6) is -0.180. The normalized spacial score (nSPS) is 10.8. The standard InChI is InChI=1S/C14H22FNO/c1-3-4-5-8-17-11-13-9-12(10-16-2)6-7-14(13)15/h6-7,9,16H,3-5,8,10-11H2,1-2H3. The van der Waals surface area contributed by atoms with E-state index >= 15 is 0 Å². The molecule has 0 saturated heterocycles. The predicted octanol–water partition coefficient (Wildman–Crippen LogP) is 3.25. The number of hydrogen-bond donors (Lipinski definition) is 1. The number of unbranched alkanes of at least 4 members (excludes halogenated alkanes) is 2. The molecule has 1 N–H and O–H groups in total. The average molecular weight is 239 g/mol. The maximum Gasteiger partial charge on any atom is 0.128 e. The first-order valence-corrected chi connectivity index (χ1v) is 6.27. The zero-order valence-corrected chi connectivity index (χ0v) is 10.8. The molecule has 0 spiro atoms. The predicted molar refractivity (Wildman–Crippen MR) is 68.3 cm³/mol. The van der Waals surface area contributed by atoms with E-state index in [0.29, 0.717) is 18.8 Å². The van der Waals surface area contributed by atoms with E-state index in [1.807, 2.05) is 13.1 Å². The fourth-order valence-corrected chi connectivity index (χ4v) is 1.69. The number of halogens is 1. The van der Waals surface area contributed by atoms with Crippen LogP contribution < -0.4 is 5.32 Å². The molecule has 0 fully saturated rings. The van der Waals surface area contributed by atoms with Crippen molar-refractivity contribution in [3.8, 4) is 0 Å². The molecule has 0 unspecified atom stereocenters. The zero-order chi connectivity index (χ0) is 12.5. The highest BCUT2D eigenvalue weighted by Crippen LogP contribution is 2.12. The fourth-order valence-electron chi connectivity index (χ4n) is 1.69. The second-order valence-corrected chi connectivity index (χ2v) is 4.22. The molecule has 0 aliphatic rings. The van der Waals surface area contributed by atoms with Crippen molar-refractivity contribution in [1.29, 1.82) is 0 Å². The van der Waals surface area contributed by atoms with Crippen molar-refractivity contribution in [1.82, 2.24) is 5.32 Å². The Balaban J connectivity index is 2.42. The van der Waals surface area contributed by atoms with Crippen molar-refractivity contribution in [3.63, 3.8) is 0 Å². The van der Waals surface area contributed by atoms with Crippen LogP contribution in [0.5, 0.6) is 0 Å². The van der Waals surface area contributed by atoms with E-state index in [4.69, 9.17) is 4.74 Å². The van der Waals surface area contributed by atoms with Gasteiger partial charge in [-0.25, -0.2) is 4.39 Å². The smallest absolute Gasteiger partial charge is 0.128 e. The molecule has 0 bridgehead atoms. The van der Waals surface area contributed by atoms with Crippen LogP contribution in [0.3, 0.4) is 0 Å². The van der Waals surface area contributed by atoms with Gasteiger partial charge in [-0.15, -0.1) is 0 Å². The lowest BCUT2D eigenvalue weighted by Crippen LogP contribution is -2.06. The monoisotopic (exact) mass is 239 g/mol. The van der Waals surface area contributed by atoms with Gasteiger partial charge in [0.1, 0.15) is 5.82 Å². The van der Waals surface area contributed by atoms with Gasteiger partial charge in [0.2, 0.25) is 0 Å². The van der Waals surface area contributed by atoms with Gasteiger partial charge in [0.15, 0.2) is 0 Å². The maximum atomic E-state index is 13.5. The van der Waals surface area contributed by atoms with Gasteiger partial charge in [-0.2, -0.15) is 0 Å². The minimum Gasteiger partial charge on any atom is -0.377 e. The van der Waals surface area contributed by atoms with Crippen molar-refractivity contribution in [2.24, 2.45) is 0 Å². The minimum atomic E-state index is -0.180. The molecule has 0 aromatic heterocycles. The number of nitrogens with one attached hydrogen (secondary N) is 1. The van der Waals surface area contributed by atoms with Crippen molar-refractivity contribution >= 4 is 0 Å². The summed E-state index contributed by atoms with van der Waals surface area (Å²) in [7, 11) is 1.88. The summed E-state index contributed by atoms with van der Waals surface area (Å²) in [6.45, 7) is 3.99. The number of hydrogen-bond acceptors (Lipinski definition) is 2. The Morgan fingerprint density at radius 2 is 2.12 bits per heavy atom. The summed E-state index contributed by atoms with van der Waals surface area (Å²) >= 11 is 0. The van der Waals surface area contributed by atoms with Crippen LogP contribution in [0, 0.1) is 5.82 Å². The van der Waals surface area contributed by atoms with Crippen LogP contribution in [0.4, 0.5) is 4.39 Å². The Kier molecular flexibility index (Phi) is 6.82. The van der Waals surface area contributed by atoms with Gasteiger partial charge in [0.05, 0.1) is 6.61 Å². The van der Waals surface area contributed by atoms with Crippen molar-refractivity contribution in [3.05, 3.63) is 35.1 Å². The molecule has 1 rings (SSSR count). The molecule has 0 aliphatic heterocycles. The molecule has 0 amide bonds. The molecule has 3 heteroatoms. The van der Waals surface area contributed by atoms with Gasteiger partial charge in [-0.05, 0) is 31.2 Å². The van der Waals surface area contributed by atoms with E-state index < -0.39 is 0 Å². The van der Waals surface area contributed by atoms with Crippen LogP contribution in [-0.2, 0) is 17.9 Å². The van der Waals surface area contributed by atoms with Gasteiger partial charge in [-0.3, -0.25) is 0 Å². The van der Waals surface area contributed by atoms with Gasteiger partial charge in [0, 0.05) is 18.7 Å². The highest BCUT2D eigenvalue weighted by atomic mass is 19.1. The quantitative estimate of drug-likeness (QED) is 0.703. The molecular formula is C14H22FNO. The molecule has 17 heavy (non-hydrogen) atoms. The molecule has 1 aromatic carbocycles. The van der Waals surface area contributed by atoms with E-state index in [1.165, 1.54) is 18.9 Å². The van der Waals surface area contributed by atoms with E-state index in [1.54, 1.807) is 6.07 Å². The van der Waals surface area contributed by atoms with Gasteiger partial charge in [-0.1, -0.05) is 25.8 Å². The first-order chi connectivity index (χ1) is 8.27. The summed E-state index contributed by atoms with van der Waals surface area (Å²) < 4.78 is 19.0. The topological polar surface area (TPSA) is 21.3 Å². The SMILES string of the molecule is CCCCCOCc1cc(CNC)ccc1F. The fraction of sp³-hybridized carbons (Fsp3) is 0.571. The highest BCUT2D eigenvalue weighted by Gasteiger charge is 2.03. The van der Waals surface area contributed by atoms with Crippen LogP contribution in [-0.4, -0.2) is 13.7 Å². The third-order valence-electron chi connectivity index (χ3n) is 2.64. The molecule has 96 valence electrons. The highest BCUT2D eigenvalue weighted by molar-refractivity contribution is 5.24. The van der Waals surface area contributed by atoms with E-state index in [-0.39, 0.29) is 5.82 Å². The third-order valence-corrected chi connectivity index (χ3v) is 2.64. The Bertz CT molecular complexity index is 328. The Morgan fingerprint density at radius 1 is 1.29 bits per heavy atom. The maximum absolute atomic E-state index is 13.5. The lowest BCUT2D eigenvalue weighted by Gasteiger charge is -2.07. The molecule has 0 saturated carbocycles. The van der Waals surface area contributed by atoms with Gasteiger partial charge in [0.25, 0.3) is 0 Å². The Hall–Kier alpha value is -0.930. The van der Waals surface area contributed by atoms with Crippen LogP contribution in [0.15, 0.2) is 18.2 Å². The first-order valence-electron chi connectivity index (χ1n) is 6.27. The third kappa shape index (κ3) is 5.29. The van der Waals surface area contributed by atoms with Crippen LogP contribution in [0.25, 0.3) is 0 Å². The Labute approximate surface area is 103 Å². The van der Waals surface area contributed by atoms with Crippen LogP contribution in [0.1, 0.15) is 37.3 Å². The Morgan fingerprint density at radius 3 is 2.82 bits per heavy atom. The summed E-state index contributed by atoms with van der Waals surface area (Å²) in [5.41, 5.74) is 1.73. The molecule has 1 aromatic rings. The molecular weight excluding hydrogens is 217 g/mol. The van der Waals surface area contributed by atoms with Crippen molar-refractivity contribution < 1.29 is 9.13 Å². The largest absolute Gasteiger partial charge is 0.377 e. The lowest BCUT2D eigenvalue weighted by molar-refractivity contribution is 0.114. The summed E-state index contributed by atoms with van der Waals surface area (Å²) in [6, 6.07) is 5.18. The number of benzene rings is 1. The van der Waals surface area contributed by atoms with Gasteiger partial charge >= 0.3 is 0 Å². The lowest BCUT2D eigenvalue weighted by atomic mass is 10.1. The summed E-state index contributed by atoms with van der Waals surface area (Å²) in [6.07, 6.45) is 3.39. The molecule has 0 atom stereocenters. The van der Waals surface area contributed by atoms with E-state index in [0.717, 1.165) is 18.5 Å². The molecule has 0 heterocycles. The van der Waals surface area contributed by atoms with Crippen molar-refractivity contribution in [2.45, 2.75) is 39.3 Å². The second kappa shape index (κ2) is 8.20. The van der Waals surface area contributed by atoms with Gasteiger partial charge < -0.3 is 10.1 Å². The van der Waals surface area contributed by atoms with E-state index in [9.17, 15) is 4.39 Å². The van der Waals surface area contributed by atoms with E-state index in [2.05, 4.69) is 12.2 Å². The zero-order valence-electron chi connectivity index (χ0n) is 10.8. The van der Waals surface area contributed by atoms with Crippen LogP contribution in [0.2, 0.25) is 0 Å². The molecule has 0 radical (unpaired) electrons. The van der Waals surface area contributed by atoms with Crippen LogP contribution >= 0.6 is 0 Å².